The van der Waals surface area contributed by atoms with Crippen LogP contribution in [0.25, 0.3) is 0 Å². The summed E-state index contributed by atoms with van der Waals surface area (Å²) in [6.45, 7) is 1.94. The quantitative estimate of drug-likeness (QED) is 0.185. The van der Waals surface area contributed by atoms with Crippen LogP contribution in [0.15, 0.2) is 24.3 Å². The highest BCUT2D eigenvalue weighted by Gasteiger charge is 2.24. The monoisotopic (exact) mass is 554 g/mol. The summed E-state index contributed by atoms with van der Waals surface area (Å²) in [5, 5.41) is 2.71. The van der Waals surface area contributed by atoms with Crippen LogP contribution in [0.4, 0.5) is 5.69 Å². The predicted octanol–water partition coefficient (Wildman–Crippen LogP) is 2.89. The number of carbonyl (C=O) groups excluding carboxylic acids is 2. The molecular formula is C20H35Cl5N4O3. The summed E-state index contributed by atoms with van der Waals surface area (Å²) in [5.41, 5.74) is 13.3. The SMILES string of the molecule is COC(=O)[C@H](Cc1ccc(N(CCCl)CCCl)cc1)NC(=O)[C@@H](N)CCCCN.Cl.Cl.Cl. The van der Waals surface area contributed by atoms with Gasteiger partial charge in [0.1, 0.15) is 6.04 Å². The molecule has 1 aromatic carbocycles. The lowest BCUT2D eigenvalue weighted by Gasteiger charge is -2.23. The summed E-state index contributed by atoms with van der Waals surface area (Å²) in [5.74, 6) is 0.119. The van der Waals surface area contributed by atoms with Gasteiger partial charge in [-0.25, -0.2) is 4.79 Å². The maximum Gasteiger partial charge on any atom is 0.328 e. The van der Waals surface area contributed by atoms with Gasteiger partial charge in [0.05, 0.1) is 13.2 Å². The number of anilines is 1. The molecule has 0 saturated carbocycles. The number of nitrogens with zero attached hydrogens (tertiary/aromatic N) is 1. The second-order valence-corrected chi connectivity index (χ2v) is 7.47. The van der Waals surface area contributed by atoms with Crippen LogP contribution in [0.2, 0.25) is 0 Å². The number of methoxy groups -OCH3 is 1. The molecule has 0 spiro atoms. The Kier molecular flexibility index (Phi) is 23.5. The molecule has 1 aromatic rings. The van der Waals surface area contributed by atoms with E-state index in [1.165, 1.54) is 7.11 Å². The van der Waals surface area contributed by atoms with Gasteiger partial charge in [0.15, 0.2) is 0 Å². The molecule has 0 bridgehead atoms. The van der Waals surface area contributed by atoms with Crippen molar-refractivity contribution in [2.24, 2.45) is 11.5 Å². The molecule has 0 fully saturated rings. The van der Waals surface area contributed by atoms with Crippen LogP contribution < -0.4 is 21.7 Å². The average molecular weight is 557 g/mol. The first-order valence-corrected chi connectivity index (χ1v) is 10.8. The molecule has 0 aromatic heterocycles. The van der Waals surface area contributed by atoms with Crippen LogP contribution in [0.3, 0.4) is 0 Å². The molecule has 0 heterocycles. The van der Waals surface area contributed by atoms with Gasteiger partial charge in [-0.05, 0) is 37.1 Å². The molecule has 12 heteroatoms. The van der Waals surface area contributed by atoms with Crippen molar-refractivity contribution >= 4 is 78.0 Å². The van der Waals surface area contributed by atoms with Gasteiger partial charge in [0.25, 0.3) is 0 Å². The number of carbonyl (C=O) groups is 2. The van der Waals surface area contributed by atoms with Crippen LogP contribution in [0.5, 0.6) is 0 Å². The number of rotatable bonds is 14. The molecule has 5 N–H and O–H groups in total. The van der Waals surface area contributed by atoms with Gasteiger partial charge in [0, 0.05) is 37.0 Å². The van der Waals surface area contributed by atoms with E-state index in [0.29, 0.717) is 44.2 Å². The van der Waals surface area contributed by atoms with Crippen molar-refractivity contribution in [3.05, 3.63) is 29.8 Å². The molecule has 0 unspecified atom stereocenters. The molecule has 0 saturated heterocycles. The summed E-state index contributed by atoms with van der Waals surface area (Å²) in [6.07, 6.45) is 2.39. The number of unbranched alkanes of at least 4 members (excludes halogenated alkanes) is 1. The molecule has 0 radical (unpaired) electrons. The Morgan fingerprint density at radius 2 is 1.62 bits per heavy atom. The van der Waals surface area contributed by atoms with Crippen molar-refractivity contribution in [3.63, 3.8) is 0 Å². The highest BCUT2D eigenvalue weighted by Crippen LogP contribution is 2.17. The first-order valence-electron chi connectivity index (χ1n) is 9.76. The van der Waals surface area contributed by atoms with E-state index in [1.807, 2.05) is 24.3 Å². The van der Waals surface area contributed by atoms with E-state index in [4.69, 9.17) is 39.4 Å². The summed E-state index contributed by atoms with van der Waals surface area (Å²) in [4.78, 5) is 26.6. The fourth-order valence-corrected chi connectivity index (χ4v) is 3.31. The maximum absolute atomic E-state index is 12.3. The zero-order valence-electron chi connectivity index (χ0n) is 18.1. The van der Waals surface area contributed by atoms with Crippen molar-refractivity contribution in [1.29, 1.82) is 0 Å². The topological polar surface area (TPSA) is 111 Å². The molecule has 0 aliphatic heterocycles. The van der Waals surface area contributed by atoms with Crippen molar-refractivity contribution in [2.75, 3.05) is 43.4 Å². The second kappa shape index (κ2) is 20.9. The summed E-state index contributed by atoms with van der Waals surface area (Å²) in [7, 11) is 1.29. The number of benzene rings is 1. The summed E-state index contributed by atoms with van der Waals surface area (Å²) < 4.78 is 4.84. The molecule has 0 aliphatic rings. The Balaban J connectivity index is -0.00000280. The van der Waals surface area contributed by atoms with Gasteiger partial charge in [-0.1, -0.05) is 18.6 Å². The molecule has 32 heavy (non-hydrogen) atoms. The van der Waals surface area contributed by atoms with Gasteiger partial charge >= 0.3 is 5.97 Å². The Morgan fingerprint density at radius 3 is 2.09 bits per heavy atom. The largest absolute Gasteiger partial charge is 0.467 e. The van der Waals surface area contributed by atoms with E-state index < -0.39 is 18.1 Å². The lowest BCUT2D eigenvalue weighted by Crippen LogP contribution is -2.49. The Hall–Kier alpha value is -0.670. The minimum absolute atomic E-state index is 0. The molecule has 1 rings (SSSR count). The summed E-state index contributed by atoms with van der Waals surface area (Å²) in [6, 6.07) is 6.23. The molecule has 7 nitrogen and oxygen atoms in total. The maximum atomic E-state index is 12.3. The van der Waals surface area contributed by atoms with Crippen molar-refractivity contribution in [3.8, 4) is 0 Å². The van der Waals surface area contributed by atoms with Crippen LogP contribution >= 0.6 is 60.4 Å². The van der Waals surface area contributed by atoms with Crippen LogP contribution in [-0.4, -0.2) is 62.5 Å². The molecule has 2 atom stereocenters. The van der Waals surface area contributed by atoms with Crippen LogP contribution in [-0.2, 0) is 20.7 Å². The number of ether oxygens (including phenoxy) is 1. The lowest BCUT2D eigenvalue weighted by molar-refractivity contribution is -0.145. The zero-order valence-corrected chi connectivity index (χ0v) is 22.1. The van der Waals surface area contributed by atoms with Crippen LogP contribution in [0, 0.1) is 0 Å². The Morgan fingerprint density at radius 1 is 1.06 bits per heavy atom. The number of nitrogens with two attached hydrogens (primary N) is 2. The molecule has 0 aliphatic carbocycles. The third-order valence-electron chi connectivity index (χ3n) is 4.56. The van der Waals surface area contributed by atoms with Crippen molar-refractivity contribution in [2.45, 2.75) is 37.8 Å². The number of esters is 1. The van der Waals surface area contributed by atoms with E-state index in [0.717, 1.165) is 24.1 Å². The standard InChI is InChI=1S/C20H32Cl2N4O3.3ClH/c1-29-20(28)18(25-19(27)17(24)4-2-3-11-23)14-15-5-7-16(8-6-15)26(12-9-21)13-10-22;;;/h5-8,17-18H,2-4,9-14,23-24H2,1H3,(H,25,27);3*1H/t17-,18-;;;/m0.../s1. The van der Waals surface area contributed by atoms with E-state index >= 15 is 0 Å². The zero-order chi connectivity index (χ0) is 21.6. The molecule has 188 valence electrons. The van der Waals surface area contributed by atoms with E-state index in [-0.39, 0.29) is 43.1 Å². The van der Waals surface area contributed by atoms with E-state index in [9.17, 15) is 9.59 Å². The van der Waals surface area contributed by atoms with Gasteiger partial charge in [-0.3, -0.25) is 4.79 Å². The number of halogens is 5. The van der Waals surface area contributed by atoms with Gasteiger partial charge < -0.3 is 26.4 Å². The Bertz CT molecular complexity index is 620. The average Bonchev–Trinajstić information content (AvgIpc) is 2.73. The minimum atomic E-state index is -0.805. The first-order chi connectivity index (χ1) is 14.0. The Labute approximate surface area is 219 Å². The highest BCUT2D eigenvalue weighted by molar-refractivity contribution is 6.18. The number of nitrogens with one attached hydrogen (secondary N) is 1. The number of amides is 1. The predicted molar refractivity (Wildman–Crippen MR) is 140 cm³/mol. The highest BCUT2D eigenvalue weighted by atomic mass is 35.5. The first kappa shape index (κ1) is 35.9. The lowest BCUT2D eigenvalue weighted by atomic mass is 10.0. The third kappa shape index (κ3) is 13.1. The van der Waals surface area contributed by atoms with Crippen molar-refractivity contribution in [1.82, 2.24) is 5.32 Å². The third-order valence-corrected chi connectivity index (χ3v) is 4.90. The normalized spacial score (nSPS) is 11.7. The second-order valence-electron chi connectivity index (χ2n) is 6.71. The molecule has 1 amide bonds. The van der Waals surface area contributed by atoms with Crippen molar-refractivity contribution < 1.29 is 14.3 Å². The number of hydrogen-bond donors (Lipinski definition) is 3. The smallest absolute Gasteiger partial charge is 0.328 e. The van der Waals surface area contributed by atoms with E-state index in [1.54, 1.807) is 0 Å². The number of hydrogen-bond acceptors (Lipinski definition) is 6. The van der Waals surface area contributed by atoms with Gasteiger partial charge in [0.2, 0.25) is 5.91 Å². The van der Waals surface area contributed by atoms with E-state index in [2.05, 4.69) is 10.2 Å². The fraction of sp³-hybridized carbons (Fsp3) is 0.600. The minimum Gasteiger partial charge on any atom is -0.467 e. The summed E-state index contributed by atoms with van der Waals surface area (Å²) >= 11 is 11.7. The number of alkyl halides is 2. The van der Waals surface area contributed by atoms with Gasteiger partial charge in [-0.15, -0.1) is 60.4 Å². The fourth-order valence-electron chi connectivity index (χ4n) is 2.91. The van der Waals surface area contributed by atoms with Crippen LogP contribution in [0.1, 0.15) is 24.8 Å². The van der Waals surface area contributed by atoms with Gasteiger partial charge in [-0.2, -0.15) is 0 Å². The molecular weight excluding hydrogens is 522 g/mol.